The van der Waals surface area contributed by atoms with E-state index in [1.807, 2.05) is 95.5 Å². The second-order valence-corrected chi connectivity index (χ2v) is 41.6. The van der Waals surface area contributed by atoms with Gasteiger partial charge in [-0.15, -0.1) is 0 Å². The summed E-state index contributed by atoms with van der Waals surface area (Å²) in [5, 5.41) is 4.10. The lowest BCUT2D eigenvalue weighted by Crippen LogP contribution is -2.53. The maximum Gasteiger partial charge on any atom is 0.410 e. The molecule has 1 atom stereocenters. The van der Waals surface area contributed by atoms with E-state index >= 15 is 0 Å². The second-order valence-electron chi connectivity index (χ2n) is 41.6. The van der Waals surface area contributed by atoms with Crippen LogP contribution < -0.4 is 0 Å². The molecule has 19 heteroatoms. The lowest BCUT2D eigenvalue weighted by molar-refractivity contribution is 0.0118. The Bertz CT molecular complexity index is 3530. The van der Waals surface area contributed by atoms with Crippen LogP contribution in [0.1, 0.15) is 277 Å². The number of pyridine rings is 1. The van der Waals surface area contributed by atoms with Crippen LogP contribution in [0.3, 0.4) is 0 Å². The number of likely N-dealkylation sites (N-methyl/N-ethyl adjacent to an activating group) is 2. The Morgan fingerprint density at radius 3 is 1.31 bits per heavy atom. The molecule has 1 unspecified atom stereocenters. The maximum absolute atomic E-state index is 11.8. The highest BCUT2D eigenvalue weighted by Gasteiger charge is 2.28. The molecule has 4 aromatic carbocycles. The minimum absolute atomic E-state index is 0.184. The van der Waals surface area contributed by atoms with E-state index in [4.69, 9.17) is 23.7 Å². The summed E-state index contributed by atoms with van der Waals surface area (Å²) in [7, 11) is 12.4. The molecule has 6 aromatic rings. The summed E-state index contributed by atoms with van der Waals surface area (Å²) in [5.74, 6) is 0.633. The number of hydrogen-bond donors (Lipinski definition) is 0. The van der Waals surface area contributed by atoms with Crippen molar-refractivity contribution >= 4 is 6.09 Å². The number of morpholine rings is 1. The van der Waals surface area contributed by atoms with Crippen LogP contribution in [-0.4, -0.2) is 296 Å². The van der Waals surface area contributed by atoms with Gasteiger partial charge >= 0.3 is 6.09 Å². The Hall–Kier alpha value is -6.01. The van der Waals surface area contributed by atoms with Gasteiger partial charge in [0.25, 0.3) is 0 Å². The van der Waals surface area contributed by atoms with Gasteiger partial charge in [-0.05, 0) is 294 Å². The third-order valence-corrected chi connectivity index (χ3v) is 22.3. The molecule has 11 rings (SSSR count). The predicted molar refractivity (Wildman–Crippen MR) is 549 cm³/mol. The zero-order valence-corrected chi connectivity index (χ0v) is 88.7. The summed E-state index contributed by atoms with van der Waals surface area (Å²) < 4.78 is 28.8. The molecule has 2 aromatic heterocycles. The lowest BCUT2D eigenvalue weighted by atomic mass is 9.87. The first-order valence-corrected chi connectivity index (χ1v) is 48.9. The van der Waals surface area contributed by atoms with Crippen LogP contribution in [0.15, 0.2) is 152 Å². The van der Waals surface area contributed by atoms with E-state index in [-0.39, 0.29) is 17.6 Å². The molecule has 0 aliphatic carbocycles. The van der Waals surface area contributed by atoms with Gasteiger partial charge in [0, 0.05) is 154 Å². The number of aromatic nitrogens is 3. The molecule has 128 heavy (non-hydrogen) atoms. The van der Waals surface area contributed by atoms with E-state index < -0.39 is 5.60 Å². The lowest BCUT2D eigenvalue weighted by Gasteiger charge is -2.42. The van der Waals surface area contributed by atoms with Crippen LogP contribution in [0.5, 0.6) is 0 Å². The largest absolute Gasteiger partial charge is 0.444 e. The number of aryl methyl sites for hydroxylation is 1. The Morgan fingerprint density at radius 2 is 0.906 bits per heavy atom. The van der Waals surface area contributed by atoms with Crippen molar-refractivity contribution in [2.75, 3.05) is 173 Å². The average molecular weight is 1780 g/mol. The van der Waals surface area contributed by atoms with E-state index in [9.17, 15) is 4.79 Å². The van der Waals surface area contributed by atoms with E-state index in [0.717, 1.165) is 117 Å². The van der Waals surface area contributed by atoms with Crippen LogP contribution in [0.2, 0.25) is 0 Å². The number of amides is 1. The summed E-state index contributed by atoms with van der Waals surface area (Å²) in [6.45, 7) is 87.2. The zero-order valence-electron chi connectivity index (χ0n) is 88.7. The number of benzene rings is 4. The number of rotatable bonds is 20. The number of hydrogen-bond acceptors (Lipinski definition) is 17. The van der Waals surface area contributed by atoms with Crippen LogP contribution in [0.4, 0.5) is 4.79 Å². The molecule has 0 N–H and O–H groups in total. The number of carbonyl (C=O) groups excluding carboxylic acids is 1. The third-order valence-electron chi connectivity index (χ3n) is 22.3. The quantitative estimate of drug-likeness (QED) is 0.0719. The summed E-state index contributed by atoms with van der Waals surface area (Å²) >= 11 is 0. The monoisotopic (exact) mass is 1780 g/mol. The summed E-state index contributed by atoms with van der Waals surface area (Å²) in [4.78, 5) is 39.5. The summed E-state index contributed by atoms with van der Waals surface area (Å²) in [5.41, 5.74) is 9.82. The molecule has 0 bridgehead atoms. The van der Waals surface area contributed by atoms with Gasteiger partial charge < -0.3 is 48.2 Å². The smallest absolute Gasteiger partial charge is 0.410 e. The highest BCUT2D eigenvalue weighted by atomic mass is 16.6. The highest BCUT2D eigenvalue weighted by Crippen LogP contribution is 2.24. The number of carbonyl (C=O) groups is 1. The van der Waals surface area contributed by atoms with Crippen molar-refractivity contribution in [1.29, 1.82) is 0 Å². The standard InChI is InChI=1S/C14H23N3.C12H24N2O2.C12H19N.2C11H16O.C10H14.C9H20N2.C8H14N2.C8H17N.C7H15NO.C7H17NO/c1-14(2,3)17-9-7-16(8-10-17)12-13-5-4-6-15-11-13;1-10(2)13-6-8-14(9-7-13)11(15)16-12(3,4)5;1-10(2)12-7-5-11(6-8-12)9-13(3)4;1-9(2)12-10(3)11-7-5-4-6-8-11;1-10(2)12-9-8-11-6-4-3-5-7-11;1-10(2,3)9-7-5-4-6-8-9;1-9(2)11-6-4-5-10(3)7-8-11;1-8(2,3)7-5-9-10(4)6-7;1-8(2)9-6-4-3-5-7-9;1-7(2)8-3-5-9-6-4-8;1-7(2)9-6-5-8(3)4/h4-6,11H,7-10,12H2,1-3H3;10H,6-9H2,1-5H3;5-8,10H,9H2,1-4H3;4-10H,1-3H3;3-7,10H,8-9H2,1-2H3;4-8H,1-3H3;9H,4-8H2,1-3H3;5-6H,1-4H3;8H,3-7H2,1-2H3;7H,3-6H2,1-2H3;7H,5-6H2,1-4H3. The molecule has 5 fully saturated rings. The first-order chi connectivity index (χ1) is 60.0. The third kappa shape index (κ3) is 60.9. The molecule has 0 saturated carbocycles. The number of ether oxygens (including phenoxy) is 5. The van der Waals surface area contributed by atoms with Crippen LogP contribution in [0, 0.1) is 0 Å². The SMILES string of the molecule is CC(C)(C)N1CCN(Cc2cccnc2)CC1.CC(C)(C)c1ccccc1.CC(C)N1CCCCC1.CC(C)N1CCCN(C)CC1.CC(C)N1CCN(C(=O)OC(C)(C)C)CC1.CC(C)N1CCOCC1.CC(C)OC(C)c1ccccc1.CC(C)OCCN(C)C.CC(C)OCCc1ccccc1.CC(C)c1ccc(CN(C)C)cc1.Cn1cc(C(C)(C)C)cn1. The van der Waals surface area contributed by atoms with Gasteiger partial charge in [-0.2, -0.15) is 5.10 Å². The topological polar surface area (TPSA) is 126 Å². The van der Waals surface area contributed by atoms with E-state index in [2.05, 4.69) is 359 Å². The van der Waals surface area contributed by atoms with E-state index in [1.165, 1.54) is 117 Å². The molecule has 0 radical (unpaired) electrons. The highest BCUT2D eigenvalue weighted by molar-refractivity contribution is 5.68. The van der Waals surface area contributed by atoms with E-state index in [1.54, 1.807) is 4.90 Å². The average Bonchev–Trinajstić information content (AvgIpc) is 1.20. The molecule has 19 nitrogen and oxygen atoms in total. The number of likely N-dealkylation sites (tertiary alicyclic amines) is 1. The first-order valence-electron chi connectivity index (χ1n) is 48.9. The van der Waals surface area contributed by atoms with Gasteiger partial charge in [-0.3, -0.25) is 34.2 Å². The van der Waals surface area contributed by atoms with Gasteiger partial charge in [0.05, 0.1) is 57.0 Å². The van der Waals surface area contributed by atoms with Crippen molar-refractivity contribution in [1.82, 2.24) is 63.8 Å². The summed E-state index contributed by atoms with van der Waals surface area (Å²) in [6, 6.07) is 47.0. The van der Waals surface area contributed by atoms with Crippen molar-refractivity contribution in [3.05, 3.63) is 191 Å². The first kappa shape index (κ1) is 120. The Labute approximate surface area is 787 Å². The molecule has 5 aliphatic heterocycles. The molecule has 732 valence electrons. The number of nitrogens with zero attached hydrogens (tertiary/aromatic N) is 13. The fraction of sp³-hybridized carbons (Fsp3) is 0.697. The Morgan fingerprint density at radius 1 is 0.438 bits per heavy atom. The molecule has 5 saturated heterocycles. The fourth-order valence-electron chi connectivity index (χ4n) is 14.0. The van der Waals surface area contributed by atoms with Crippen molar-refractivity contribution in [2.45, 2.75) is 322 Å². The van der Waals surface area contributed by atoms with E-state index in [0.29, 0.717) is 47.3 Å². The second kappa shape index (κ2) is 66.4. The van der Waals surface area contributed by atoms with Crippen molar-refractivity contribution in [3.8, 4) is 0 Å². The molecular formula is C109H195N13O6. The fourth-order valence-corrected chi connectivity index (χ4v) is 14.0. The predicted octanol–water partition coefficient (Wildman–Crippen LogP) is 22.0. The molecular weight excluding hydrogens is 1590 g/mol. The minimum atomic E-state index is -0.397. The van der Waals surface area contributed by atoms with Gasteiger partial charge in [0.2, 0.25) is 0 Å². The zero-order chi connectivity index (χ0) is 96.6. The maximum atomic E-state index is 11.8. The Kier molecular flexibility index (Phi) is 62.2. The van der Waals surface area contributed by atoms with Crippen LogP contribution in [-0.2, 0) is 61.1 Å². The Balaban J connectivity index is 0.000000708. The van der Waals surface area contributed by atoms with Crippen LogP contribution >= 0.6 is 0 Å². The van der Waals surface area contributed by atoms with Crippen molar-refractivity contribution in [2.24, 2.45) is 7.05 Å². The van der Waals surface area contributed by atoms with Gasteiger partial charge in [0.1, 0.15) is 5.60 Å². The number of piperidine rings is 1. The van der Waals surface area contributed by atoms with Crippen LogP contribution in [0.25, 0.3) is 0 Å². The van der Waals surface area contributed by atoms with Gasteiger partial charge in [-0.25, -0.2) is 4.79 Å². The molecule has 7 heterocycles. The van der Waals surface area contributed by atoms with Gasteiger partial charge in [-0.1, -0.05) is 183 Å². The van der Waals surface area contributed by atoms with Crippen molar-refractivity contribution < 1.29 is 28.5 Å². The normalized spacial score (nSPS) is 16.3. The minimum Gasteiger partial charge on any atom is -0.444 e. The van der Waals surface area contributed by atoms with Crippen molar-refractivity contribution in [3.63, 3.8) is 0 Å². The summed E-state index contributed by atoms with van der Waals surface area (Å²) in [6.07, 6.45) is 15.4. The molecule has 5 aliphatic rings. The molecule has 0 spiro atoms. The molecule has 1 amide bonds. The number of piperazine rings is 2. The van der Waals surface area contributed by atoms with Gasteiger partial charge in [0.15, 0.2) is 0 Å².